The molecule has 0 bridgehead atoms. The highest BCUT2D eigenvalue weighted by Crippen LogP contribution is 2.08. The van der Waals surface area contributed by atoms with Crippen molar-refractivity contribution in [3.63, 3.8) is 0 Å². The van der Waals surface area contributed by atoms with Crippen LogP contribution in [0.3, 0.4) is 0 Å². The lowest BCUT2D eigenvalue weighted by Crippen LogP contribution is -2.35. The summed E-state index contributed by atoms with van der Waals surface area (Å²) in [6, 6.07) is 9.52. The SMILES string of the molecule is Cc1[c]ccc(CN2CCOCC2)c1. The van der Waals surface area contributed by atoms with Gasteiger partial charge in [0, 0.05) is 19.6 Å². The minimum absolute atomic E-state index is 0.873. The summed E-state index contributed by atoms with van der Waals surface area (Å²) in [5.41, 5.74) is 2.60. The van der Waals surface area contributed by atoms with E-state index >= 15 is 0 Å². The lowest BCUT2D eigenvalue weighted by molar-refractivity contribution is 0.0342. The maximum Gasteiger partial charge on any atom is 0.0594 e. The van der Waals surface area contributed by atoms with E-state index in [0.717, 1.165) is 32.8 Å². The Bertz CT molecular complexity index is 292. The van der Waals surface area contributed by atoms with E-state index in [0.29, 0.717) is 0 Å². The molecule has 1 saturated heterocycles. The first kappa shape index (κ1) is 9.69. The average molecular weight is 190 g/mol. The first-order valence-electron chi connectivity index (χ1n) is 5.12. The van der Waals surface area contributed by atoms with Gasteiger partial charge in [-0.25, -0.2) is 0 Å². The number of hydrogen-bond donors (Lipinski definition) is 0. The summed E-state index contributed by atoms with van der Waals surface area (Å²) >= 11 is 0. The number of aryl methyl sites for hydroxylation is 1. The maximum atomic E-state index is 5.31. The van der Waals surface area contributed by atoms with Crippen molar-refractivity contribution in [3.05, 3.63) is 35.4 Å². The minimum atomic E-state index is 0.873. The van der Waals surface area contributed by atoms with Gasteiger partial charge < -0.3 is 4.74 Å². The summed E-state index contributed by atoms with van der Waals surface area (Å²) in [6.07, 6.45) is 0. The molecule has 0 amide bonds. The molecule has 0 unspecified atom stereocenters. The molecule has 1 aromatic carbocycles. The van der Waals surface area contributed by atoms with Crippen molar-refractivity contribution in [3.8, 4) is 0 Å². The molecule has 0 aliphatic carbocycles. The molecule has 2 heteroatoms. The Morgan fingerprint density at radius 2 is 2.21 bits per heavy atom. The van der Waals surface area contributed by atoms with Gasteiger partial charge in [-0.05, 0) is 24.1 Å². The molecule has 1 radical (unpaired) electrons. The van der Waals surface area contributed by atoms with Crippen LogP contribution in [0.1, 0.15) is 11.1 Å². The second-order valence-corrected chi connectivity index (χ2v) is 3.77. The van der Waals surface area contributed by atoms with Crippen LogP contribution in [-0.2, 0) is 11.3 Å². The van der Waals surface area contributed by atoms with Crippen LogP contribution in [0.2, 0.25) is 0 Å². The molecule has 1 aliphatic heterocycles. The Morgan fingerprint density at radius 1 is 1.43 bits per heavy atom. The molecule has 0 saturated carbocycles. The van der Waals surface area contributed by atoms with Gasteiger partial charge in [0.1, 0.15) is 0 Å². The van der Waals surface area contributed by atoms with Crippen molar-refractivity contribution >= 4 is 0 Å². The topological polar surface area (TPSA) is 12.5 Å². The zero-order chi connectivity index (χ0) is 9.80. The molecule has 0 atom stereocenters. The van der Waals surface area contributed by atoms with Gasteiger partial charge in [-0.2, -0.15) is 0 Å². The van der Waals surface area contributed by atoms with Gasteiger partial charge in [-0.15, -0.1) is 0 Å². The summed E-state index contributed by atoms with van der Waals surface area (Å²) in [7, 11) is 0. The average Bonchev–Trinajstić information content (AvgIpc) is 2.19. The summed E-state index contributed by atoms with van der Waals surface area (Å²) in [4.78, 5) is 2.43. The Kier molecular flexibility index (Phi) is 3.17. The molecule has 1 aliphatic rings. The summed E-state index contributed by atoms with van der Waals surface area (Å²) < 4.78 is 5.31. The van der Waals surface area contributed by atoms with E-state index in [1.54, 1.807) is 0 Å². The fourth-order valence-corrected chi connectivity index (χ4v) is 1.76. The molecular weight excluding hydrogens is 174 g/mol. The molecule has 0 spiro atoms. The number of morpholine rings is 1. The van der Waals surface area contributed by atoms with Crippen LogP contribution >= 0.6 is 0 Å². The minimum Gasteiger partial charge on any atom is -0.379 e. The third-order valence-corrected chi connectivity index (χ3v) is 2.52. The van der Waals surface area contributed by atoms with Crippen molar-refractivity contribution in [2.45, 2.75) is 13.5 Å². The van der Waals surface area contributed by atoms with E-state index in [4.69, 9.17) is 4.74 Å². The molecule has 1 aromatic rings. The molecule has 14 heavy (non-hydrogen) atoms. The molecule has 1 fully saturated rings. The highest BCUT2D eigenvalue weighted by atomic mass is 16.5. The van der Waals surface area contributed by atoms with Gasteiger partial charge in [0.2, 0.25) is 0 Å². The number of hydrogen-bond acceptors (Lipinski definition) is 2. The largest absolute Gasteiger partial charge is 0.379 e. The van der Waals surface area contributed by atoms with Crippen LogP contribution < -0.4 is 0 Å². The van der Waals surface area contributed by atoms with E-state index in [2.05, 4.69) is 30.0 Å². The van der Waals surface area contributed by atoms with Gasteiger partial charge in [0.05, 0.1) is 13.2 Å². The summed E-state index contributed by atoms with van der Waals surface area (Å²) in [5.74, 6) is 0. The lowest BCUT2D eigenvalue weighted by Gasteiger charge is -2.26. The predicted molar refractivity (Wildman–Crippen MR) is 56.1 cm³/mol. The van der Waals surface area contributed by atoms with Crippen molar-refractivity contribution < 1.29 is 4.74 Å². The monoisotopic (exact) mass is 190 g/mol. The molecule has 0 N–H and O–H groups in total. The van der Waals surface area contributed by atoms with Crippen LogP contribution in [0.15, 0.2) is 18.2 Å². The second kappa shape index (κ2) is 4.58. The summed E-state index contributed by atoms with van der Waals surface area (Å²) in [6.45, 7) is 6.98. The van der Waals surface area contributed by atoms with E-state index in [-0.39, 0.29) is 0 Å². The fraction of sp³-hybridized carbons (Fsp3) is 0.500. The molecule has 2 rings (SSSR count). The molecule has 75 valence electrons. The van der Waals surface area contributed by atoms with Crippen molar-refractivity contribution in [1.29, 1.82) is 0 Å². The van der Waals surface area contributed by atoms with Crippen molar-refractivity contribution in [2.24, 2.45) is 0 Å². The maximum absolute atomic E-state index is 5.31. The zero-order valence-electron chi connectivity index (χ0n) is 8.62. The number of ether oxygens (including phenoxy) is 1. The first-order valence-corrected chi connectivity index (χ1v) is 5.12. The first-order chi connectivity index (χ1) is 6.84. The van der Waals surface area contributed by atoms with Gasteiger partial charge >= 0.3 is 0 Å². The van der Waals surface area contributed by atoms with Gasteiger partial charge in [-0.3, -0.25) is 4.90 Å². The van der Waals surface area contributed by atoms with Crippen LogP contribution in [-0.4, -0.2) is 31.2 Å². The third-order valence-electron chi connectivity index (χ3n) is 2.52. The van der Waals surface area contributed by atoms with Crippen LogP contribution in [0.5, 0.6) is 0 Å². The molecular formula is C12H16NO. The number of benzene rings is 1. The van der Waals surface area contributed by atoms with E-state index in [9.17, 15) is 0 Å². The smallest absolute Gasteiger partial charge is 0.0594 e. The fourth-order valence-electron chi connectivity index (χ4n) is 1.76. The Hall–Kier alpha value is -0.860. The Balaban J connectivity index is 1.95. The van der Waals surface area contributed by atoms with Crippen molar-refractivity contribution in [1.82, 2.24) is 4.90 Å². The van der Waals surface area contributed by atoms with E-state index in [1.807, 2.05) is 6.07 Å². The van der Waals surface area contributed by atoms with E-state index in [1.165, 1.54) is 11.1 Å². The summed E-state index contributed by atoms with van der Waals surface area (Å²) in [5, 5.41) is 0. The van der Waals surface area contributed by atoms with Gasteiger partial charge in [-0.1, -0.05) is 18.2 Å². The van der Waals surface area contributed by atoms with Crippen LogP contribution in [0.25, 0.3) is 0 Å². The number of nitrogens with zero attached hydrogens (tertiary/aromatic N) is 1. The van der Waals surface area contributed by atoms with Gasteiger partial charge in [0.25, 0.3) is 0 Å². The lowest BCUT2D eigenvalue weighted by atomic mass is 10.1. The van der Waals surface area contributed by atoms with Crippen LogP contribution in [0, 0.1) is 13.0 Å². The van der Waals surface area contributed by atoms with Gasteiger partial charge in [0.15, 0.2) is 0 Å². The van der Waals surface area contributed by atoms with E-state index < -0.39 is 0 Å². The Morgan fingerprint density at radius 3 is 2.93 bits per heavy atom. The quantitative estimate of drug-likeness (QED) is 0.702. The standard InChI is InChI=1S/C12H16NO/c1-11-3-2-4-12(9-11)10-13-5-7-14-8-6-13/h2,4,9H,5-8,10H2,1H3. The predicted octanol–water partition coefficient (Wildman–Crippen LogP) is 1.63. The Labute approximate surface area is 85.5 Å². The highest BCUT2D eigenvalue weighted by Gasteiger charge is 2.10. The zero-order valence-corrected chi connectivity index (χ0v) is 8.62. The number of rotatable bonds is 2. The van der Waals surface area contributed by atoms with Crippen molar-refractivity contribution in [2.75, 3.05) is 26.3 Å². The molecule has 1 heterocycles. The van der Waals surface area contributed by atoms with Crippen LogP contribution in [0.4, 0.5) is 0 Å². The third kappa shape index (κ3) is 2.56. The molecule has 0 aromatic heterocycles. The second-order valence-electron chi connectivity index (χ2n) is 3.77. The normalized spacial score (nSPS) is 18.4. The highest BCUT2D eigenvalue weighted by molar-refractivity contribution is 5.20. The molecule has 2 nitrogen and oxygen atoms in total.